The summed E-state index contributed by atoms with van der Waals surface area (Å²) in [6.07, 6.45) is 4.41. The maximum atomic E-state index is 14.4. The Bertz CT molecular complexity index is 2310. The van der Waals surface area contributed by atoms with Crippen LogP contribution in [0.4, 0.5) is 0 Å². The Morgan fingerprint density at radius 1 is 1.06 bits per heavy atom. The second-order valence-corrected chi connectivity index (χ2v) is 13.5. The first kappa shape index (κ1) is 33.1. The van der Waals surface area contributed by atoms with Gasteiger partial charge in [-0.15, -0.1) is 0 Å². The smallest absolute Gasteiger partial charge is 0.333 e. The molecule has 0 aliphatic carbocycles. The zero-order chi connectivity index (χ0) is 35.1. The van der Waals surface area contributed by atoms with Gasteiger partial charge in [-0.3, -0.25) is 23.4 Å². The number of aliphatic hydroxyl groups excluding tert-OH is 1. The molecule has 6 aromatic rings. The molecule has 2 amide bonds. The monoisotopic (exact) mass is 734 g/mol. The van der Waals surface area contributed by atoms with E-state index in [2.05, 4.69) is 36.3 Å². The fourth-order valence-corrected chi connectivity index (χ4v) is 6.75. The summed E-state index contributed by atoms with van der Waals surface area (Å²) in [6.45, 7) is 6.25. The van der Waals surface area contributed by atoms with Gasteiger partial charge in [-0.1, -0.05) is 40.2 Å². The molecule has 0 bridgehead atoms. The van der Waals surface area contributed by atoms with Gasteiger partial charge in [0.05, 0.1) is 42.3 Å². The van der Waals surface area contributed by atoms with E-state index in [9.17, 15) is 19.5 Å². The molecule has 1 aliphatic rings. The number of imidazole rings is 1. The van der Waals surface area contributed by atoms with E-state index in [0.29, 0.717) is 29.3 Å². The Labute approximate surface area is 296 Å². The van der Waals surface area contributed by atoms with E-state index >= 15 is 0 Å². The zero-order valence-electron chi connectivity index (χ0n) is 27.7. The number of carbonyl (C=O) groups excluding carboxylic acids is 2. The summed E-state index contributed by atoms with van der Waals surface area (Å²) in [7, 11) is 0. The first-order valence-electron chi connectivity index (χ1n) is 16.3. The maximum Gasteiger partial charge on any atom is 0.333 e. The number of aromatic nitrogens is 6. The van der Waals surface area contributed by atoms with E-state index in [4.69, 9.17) is 0 Å². The van der Waals surface area contributed by atoms with Crippen molar-refractivity contribution in [3.8, 4) is 17.1 Å². The number of rotatable bonds is 8. The first-order valence-corrected chi connectivity index (χ1v) is 17.1. The van der Waals surface area contributed by atoms with Crippen LogP contribution in [-0.2, 0) is 26.2 Å². The number of nitrogens with one attached hydrogen (secondary N) is 1. The Kier molecular flexibility index (Phi) is 8.93. The molecule has 3 aromatic heterocycles. The molecular weight excluding hydrogens is 700 g/mol. The number of aliphatic hydroxyl groups is 1. The molecule has 0 unspecified atom stereocenters. The SMILES string of the molecule is Cc1cc(C(=O)N2Cc3c(C(=O)NCc4ccccc4-c4ncccn4)n(-c4ccc5c(cnn5C[C@@H](C)O)c4)c(=O)n3C[C@@H]2C)ccc1Br. The number of hydrogen-bond acceptors (Lipinski definition) is 7. The average Bonchev–Trinajstić information content (AvgIpc) is 3.64. The van der Waals surface area contributed by atoms with E-state index in [1.807, 2.05) is 62.4 Å². The highest BCUT2D eigenvalue weighted by Gasteiger charge is 2.35. The molecule has 7 rings (SSSR count). The lowest BCUT2D eigenvalue weighted by Gasteiger charge is -2.34. The highest BCUT2D eigenvalue weighted by atomic mass is 79.9. The summed E-state index contributed by atoms with van der Waals surface area (Å²) in [4.78, 5) is 53.1. The zero-order valence-corrected chi connectivity index (χ0v) is 29.3. The Hall–Kier alpha value is -5.40. The largest absolute Gasteiger partial charge is 0.391 e. The molecule has 0 saturated carbocycles. The van der Waals surface area contributed by atoms with Crippen LogP contribution < -0.4 is 11.0 Å². The number of hydrogen-bond donors (Lipinski definition) is 2. The maximum absolute atomic E-state index is 14.4. The fraction of sp³-hybridized carbons (Fsp3) is 0.243. The standard InChI is InChI=1S/C37H35BrN8O4/c1-22-15-25(9-11-30(22)38)36(49)43-21-32-33(35(48)41-17-26-7-4-5-8-29(26)34-39-13-6-14-40-34)46(37(50)44(32)19-23(43)2)28-10-12-31-27(16-28)18-42-45(31)20-24(3)47/h4-16,18,23-24,47H,17,19-21H2,1-3H3,(H,41,48)/t23-,24+/m0/s1. The predicted molar refractivity (Wildman–Crippen MR) is 192 cm³/mol. The van der Waals surface area contributed by atoms with Gasteiger partial charge in [0, 0.05) is 52.5 Å². The summed E-state index contributed by atoms with van der Waals surface area (Å²) in [5, 5.41) is 18.2. The van der Waals surface area contributed by atoms with Gasteiger partial charge >= 0.3 is 5.69 Å². The Morgan fingerprint density at radius 3 is 2.60 bits per heavy atom. The lowest BCUT2D eigenvalue weighted by Crippen LogP contribution is -2.47. The van der Waals surface area contributed by atoms with Gasteiger partial charge in [-0.2, -0.15) is 5.10 Å². The van der Waals surface area contributed by atoms with Crippen molar-refractivity contribution in [2.75, 3.05) is 0 Å². The van der Waals surface area contributed by atoms with Crippen LogP contribution in [-0.4, -0.2) is 62.8 Å². The highest BCUT2D eigenvalue weighted by molar-refractivity contribution is 9.10. The van der Waals surface area contributed by atoms with Crippen molar-refractivity contribution in [2.45, 2.75) is 59.1 Å². The molecule has 50 heavy (non-hydrogen) atoms. The molecule has 13 heteroatoms. The minimum absolute atomic E-state index is 0.0586. The van der Waals surface area contributed by atoms with Crippen molar-refractivity contribution in [1.29, 1.82) is 0 Å². The quantitative estimate of drug-likeness (QED) is 0.227. The molecule has 0 spiro atoms. The van der Waals surface area contributed by atoms with Gasteiger partial charge in [0.1, 0.15) is 5.69 Å². The van der Waals surface area contributed by atoms with Crippen LogP contribution in [0.2, 0.25) is 0 Å². The van der Waals surface area contributed by atoms with Gasteiger partial charge in [-0.25, -0.2) is 14.8 Å². The predicted octanol–water partition coefficient (Wildman–Crippen LogP) is 4.87. The van der Waals surface area contributed by atoms with E-state index in [-0.39, 0.29) is 43.0 Å². The summed E-state index contributed by atoms with van der Waals surface area (Å²) in [5.74, 6) is -0.119. The van der Waals surface area contributed by atoms with Crippen molar-refractivity contribution in [2.24, 2.45) is 0 Å². The molecule has 2 atom stereocenters. The average molecular weight is 736 g/mol. The highest BCUT2D eigenvalue weighted by Crippen LogP contribution is 2.28. The Balaban J connectivity index is 1.30. The number of amides is 2. The van der Waals surface area contributed by atoms with Crippen LogP contribution >= 0.6 is 15.9 Å². The van der Waals surface area contributed by atoms with E-state index < -0.39 is 12.0 Å². The molecule has 3 aromatic carbocycles. The Morgan fingerprint density at radius 2 is 1.84 bits per heavy atom. The molecule has 12 nitrogen and oxygen atoms in total. The topological polar surface area (TPSA) is 140 Å². The van der Waals surface area contributed by atoms with Crippen LogP contribution in [0.15, 0.2) is 94.6 Å². The van der Waals surface area contributed by atoms with Crippen LogP contribution in [0.5, 0.6) is 0 Å². The second-order valence-electron chi connectivity index (χ2n) is 12.6. The second kappa shape index (κ2) is 13.5. The summed E-state index contributed by atoms with van der Waals surface area (Å²) < 4.78 is 5.63. The fourth-order valence-electron chi connectivity index (χ4n) is 6.50. The normalized spacial score (nSPS) is 14.8. The van der Waals surface area contributed by atoms with Crippen molar-refractivity contribution in [1.82, 2.24) is 39.1 Å². The summed E-state index contributed by atoms with van der Waals surface area (Å²) in [5.41, 5.74) is 4.52. The molecule has 0 fully saturated rings. The van der Waals surface area contributed by atoms with Gasteiger partial charge in [-0.05, 0) is 74.4 Å². The molecular formula is C37H35BrN8O4. The molecule has 4 heterocycles. The third-order valence-corrected chi connectivity index (χ3v) is 9.90. The van der Waals surface area contributed by atoms with Crippen molar-refractivity contribution in [3.05, 3.63) is 128 Å². The molecule has 254 valence electrons. The van der Waals surface area contributed by atoms with Gasteiger partial charge in [0.2, 0.25) is 0 Å². The van der Waals surface area contributed by atoms with E-state index in [1.165, 1.54) is 4.57 Å². The van der Waals surface area contributed by atoms with Gasteiger partial charge in [0.15, 0.2) is 5.82 Å². The molecule has 1 aliphatic heterocycles. The van der Waals surface area contributed by atoms with Crippen LogP contribution in [0.3, 0.4) is 0 Å². The number of halogens is 1. The number of aryl methyl sites for hydroxylation is 1. The first-order chi connectivity index (χ1) is 24.1. The van der Waals surface area contributed by atoms with Gasteiger partial charge < -0.3 is 15.3 Å². The molecule has 0 saturated heterocycles. The molecule has 2 N–H and O–H groups in total. The minimum Gasteiger partial charge on any atom is -0.391 e. The van der Waals surface area contributed by atoms with E-state index in [1.54, 1.807) is 57.9 Å². The van der Waals surface area contributed by atoms with E-state index in [0.717, 1.165) is 32.1 Å². The number of benzene rings is 3. The third kappa shape index (κ3) is 6.14. The third-order valence-electron chi connectivity index (χ3n) is 9.01. The van der Waals surface area contributed by atoms with Crippen LogP contribution in [0, 0.1) is 6.92 Å². The minimum atomic E-state index is -0.596. The van der Waals surface area contributed by atoms with Crippen LogP contribution in [0.25, 0.3) is 28.0 Å². The lowest BCUT2D eigenvalue weighted by atomic mass is 10.1. The summed E-state index contributed by atoms with van der Waals surface area (Å²) >= 11 is 3.51. The van der Waals surface area contributed by atoms with Crippen molar-refractivity contribution in [3.63, 3.8) is 0 Å². The number of carbonyl (C=O) groups is 2. The molecule has 0 radical (unpaired) electrons. The van der Waals surface area contributed by atoms with Crippen molar-refractivity contribution >= 4 is 38.6 Å². The summed E-state index contributed by atoms with van der Waals surface area (Å²) in [6, 6.07) is 19.8. The lowest BCUT2D eigenvalue weighted by molar-refractivity contribution is 0.0610. The van der Waals surface area contributed by atoms with Crippen LogP contribution in [0.1, 0.15) is 51.5 Å². The number of fused-ring (bicyclic) bond motifs is 2. The number of nitrogens with zero attached hydrogens (tertiary/aromatic N) is 7. The van der Waals surface area contributed by atoms with Crippen molar-refractivity contribution < 1.29 is 14.7 Å². The van der Waals surface area contributed by atoms with Gasteiger partial charge in [0.25, 0.3) is 11.8 Å².